The highest BCUT2D eigenvalue weighted by Crippen LogP contribution is 2.30. The molecule has 0 fully saturated rings. The molecule has 0 aliphatic carbocycles. The molecular formula is C10H9F3NO-. The summed E-state index contributed by atoms with van der Waals surface area (Å²) >= 11 is 0. The van der Waals surface area contributed by atoms with Gasteiger partial charge in [0, 0.05) is 0 Å². The van der Waals surface area contributed by atoms with Crippen LogP contribution in [-0.2, 0) is 12.6 Å². The number of rotatable bonds is 2. The van der Waals surface area contributed by atoms with E-state index in [9.17, 15) is 18.3 Å². The van der Waals surface area contributed by atoms with Crippen LogP contribution in [0.5, 0.6) is 0 Å². The standard InChI is InChI=1S/C10H10F3NO/c1-2-6-5-7(10(11,12)13)3-4-8(6)9(14)15/h3-5H,2H2,1H3,(H2,14,15)/p-1. The van der Waals surface area contributed by atoms with Crippen molar-refractivity contribution in [2.24, 2.45) is 0 Å². The largest absolute Gasteiger partial charge is 0.859 e. The van der Waals surface area contributed by atoms with Crippen molar-refractivity contribution >= 4 is 5.90 Å². The lowest BCUT2D eigenvalue weighted by Gasteiger charge is -2.15. The highest BCUT2D eigenvalue weighted by Gasteiger charge is 2.30. The molecule has 0 amide bonds. The van der Waals surface area contributed by atoms with Gasteiger partial charge >= 0.3 is 6.18 Å². The van der Waals surface area contributed by atoms with E-state index in [4.69, 9.17) is 5.41 Å². The van der Waals surface area contributed by atoms with Crippen LogP contribution >= 0.6 is 0 Å². The molecule has 0 aromatic heterocycles. The molecule has 82 valence electrons. The van der Waals surface area contributed by atoms with E-state index >= 15 is 0 Å². The maximum atomic E-state index is 12.3. The topological polar surface area (TPSA) is 46.9 Å². The van der Waals surface area contributed by atoms with Gasteiger partial charge in [0.25, 0.3) is 0 Å². The number of nitrogens with one attached hydrogen (secondary N) is 1. The fourth-order valence-corrected chi connectivity index (χ4v) is 1.28. The molecule has 15 heavy (non-hydrogen) atoms. The molecule has 2 nitrogen and oxygen atoms in total. The van der Waals surface area contributed by atoms with Gasteiger partial charge in [-0.15, -0.1) is 0 Å². The second-order valence-electron chi connectivity index (χ2n) is 3.05. The monoisotopic (exact) mass is 216 g/mol. The number of alkyl halides is 3. The van der Waals surface area contributed by atoms with Crippen LogP contribution in [0, 0.1) is 5.41 Å². The summed E-state index contributed by atoms with van der Waals surface area (Å²) in [7, 11) is 0. The summed E-state index contributed by atoms with van der Waals surface area (Å²) in [6.07, 6.45) is -4.11. The Balaban J connectivity index is 3.25. The summed E-state index contributed by atoms with van der Waals surface area (Å²) in [6.45, 7) is 1.64. The number of aryl methyl sites for hydroxylation is 1. The highest BCUT2D eigenvalue weighted by atomic mass is 19.4. The maximum absolute atomic E-state index is 12.3. The smallest absolute Gasteiger partial charge is 0.416 e. The minimum Gasteiger partial charge on any atom is -0.859 e. The van der Waals surface area contributed by atoms with E-state index in [2.05, 4.69) is 0 Å². The van der Waals surface area contributed by atoms with Crippen molar-refractivity contribution in [3.8, 4) is 0 Å². The second kappa shape index (κ2) is 3.92. The summed E-state index contributed by atoms with van der Waals surface area (Å²) < 4.78 is 36.9. The molecule has 0 saturated heterocycles. The van der Waals surface area contributed by atoms with Crippen LogP contribution in [0.1, 0.15) is 23.6 Å². The molecular weight excluding hydrogens is 207 g/mol. The van der Waals surface area contributed by atoms with Gasteiger partial charge in [-0.25, -0.2) is 0 Å². The lowest BCUT2D eigenvalue weighted by atomic mass is 10.0. The number of hydrogen-bond acceptors (Lipinski definition) is 2. The van der Waals surface area contributed by atoms with Gasteiger partial charge in [-0.2, -0.15) is 13.2 Å². The third kappa shape index (κ3) is 2.49. The summed E-state index contributed by atoms with van der Waals surface area (Å²) in [4.78, 5) is 0. The maximum Gasteiger partial charge on any atom is 0.416 e. The van der Waals surface area contributed by atoms with E-state index in [1.165, 1.54) is 0 Å². The van der Waals surface area contributed by atoms with E-state index in [0.29, 0.717) is 6.42 Å². The second-order valence-corrected chi connectivity index (χ2v) is 3.05. The van der Waals surface area contributed by atoms with Crippen LogP contribution in [0.3, 0.4) is 0 Å². The Labute approximate surface area is 84.9 Å². The van der Waals surface area contributed by atoms with Gasteiger partial charge in [-0.05, 0) is 35.6 Å². The lowest BCUT2D eigenvalue weighted by molar-refractivity contribution is -0.214. The van der Waals surface area contributed by atoms with Crippen molar-refractivity contribution in [1.82, 2.24) is 0 Å². The Kier molecular flexibility index (Phi) is 3.02. The van der Waals surface area contributed by atoms with Crippen molar-refractivity contribution in [2.75, 3.05) is 0 Å². The minimum atomic E-state index is -4.41. The van der Waals surface area contributed by atoms with Gasteiger partial charge in [0.2, 0.25) is 0 Å². The van der Waals surface area contributed by atoms with Gasteiger partial charge in [-0.3, -0.25) is 0 Å². The van der Waals surface area contributed by atoms with Gasteiger partial charge in [0.15, 0.2) is 0 Å². The zero-order chi connectivity index (χ0) is 11.6. The Morgan fingerprint density at radius 2 is 2.00 bits per heavy atom. The zero-order valence-electron chi connectivity index (χ0n) is 7.98. The van der Waals surface area contributed by atoms with Crippen molar-refractivity contribution in [3.05, 3.63) is 34.9 Å². The van der Waals surface area contributed by atoms with Crippen molar-refractivity contribution in [1.29, 1.82) is 5.41 Å². The third-order valence-electron chi connectivity index (χ3n) is 2.06. The van der Waals surface area contributed by atoms with Crippen molar-refractivity contribution in [3.63, 3.8) is 0 Å². The molecule has 0 unspecified atom stereocenters. The van der Waals surface area contributed by atoms with Crippen LogP contribution in [0.2, 0.25) is 0 Å². The summed E-state index contributed by atoms with van der Waals surface area (Å²) in [5.74, 6) is -0.958. The Morgan fingerprint density at radius 3 is 2.40 bits per heavy atom. The van der Waals surface area contributed by atoms with Crippen molar-refractivity contribution in [2.45, 2.75) is 19.5 Å². The third-order valence-corrected chi connectivity index (χ3v) is 2.06. The molecule has 1 aromatic rings. The fourth-order valence-electron chi connectivity index (χ4n) is 1.28. The Morgan fingerprint density at radius 1 is 1.40 bits per heavy atom. The SMILES string of the molecule is CCc1cc(C(F)(F)F)ccc1C(=N)[O-]. The van der Waals surface area contributed by atoms with E-state index in [-0.39, 0.29) is 11.1 Å². The molecule has 1 N–H and O–H groups in total. The van der Waals surface area contributed by atoms with E-state index in [1.54, 1.807) is 6.92 Å². The normalized spacial score (nSPS) is 11.5. The van der Waals surface area contributed by atoms with E-state index in [0.717, 1.165) is 18.2 Å². The first kappa shape index (κ1) is 11.6. The Hall–Kier alpha value is -1.52. The molecule has 1 rings (SSSR count). The summed E-state index contributed by atoms with van der Waals surface area (Å²) in [5.41, 5.74) is -0.500. The minimum absolute atomic E-state index is 0.0329. The molecule has 0 radical (unpaired) electrons. The predicted octanol–water partition coefficient (Wildman–Crippen LogP) is 1.95. The van der Waals surface area contributed by atoms with Crippen LogP contribution in [-0.4, -0.2) is 5.90 Å². The van der Waals surface area contributed by atoms with E-state index in [1.807, 2.05) is 0 Å². The summed E-state index contributed by atoms with van der Waals surface area (Å²) in [5, 5.41) is 17.6. The average Bonchev–Trinajstić information content (AvgIpc) is 2.15. The van der Waals surface area contributed by atoms with Gasteiger partial charge in [-0.1, -0.05) is 13.0 Å². The number of benzene rings is 1. The molecule has 0 atom stereocenters. The molecule has 0 heterocycles. The Bertz CT molecular complexity index is 385. The predicted molar refractivity (Wildman–Crippen MR) is 47.7 cm³/mol. The van der Waals surface area contributed by atoms with Crippen molar-refractivity contribution < 1.29 is 18.3 Å². The first-order chi connectivity index (χ1) is 6.86. The molecule has 0 aliphatic rings. The molecule has 1 aromatic carbocycles. The molecule has 0 spiro atoms. The lowest BCUT2D eigenvalue weighted by Crippen LogP contribution is -2.19. The first-order valence-corrected chi connectivity index (χ1v) is 4.32. The van der Waals surface area contributed by atoms with Gasteiger partial charge in [0.1, 0.15) is 0 Å². The fraction of sp³-hybridized carbons (Fsp3) is 0.300. The number of halogens is 3. The molecule has 0 aliphatic heterocycles. The molecule has 0 saturated carbocycles. The highest BCUT2D eigenvalue weighted by molar-refractivity contribution is 5.89. The van der Waals surface area contributed by atoms with Crippen LogP contribution < -0.4 is 5.11 Å². The molecule has 0 bridgehead atoms. The summed E-state index contributed by atoms with van der Waals surface area (Å²) in [6, 6.07) is 2.79. The molecule has 5 heteroatoms. The quantitative estimate of drug-likeness (QED) is 0.596. The van der Waals surface area contributed by atoms with Gasteiger partial charge < -0.3 is 10.5 Å². The van der Waals surface area contributed by atoms with Crippen LogP contribution in [0.15, 0.2) is 18.2 Å². The number of hydrogen-bond donors (Lipinski definition) is 1. The van der Waals surface area contributed by atoms with Crippen LogP contribution in [0.4, 0.5) is 13.2 Å². The van der Waals surface area contributed by atoms with E-state index < -0.39 is 17.6 Å². The first-order valence-electron chi connectivity index (χ1n) is 4.32. The van der Waals surface area contributed by atoms with Crippen LogP contribution in [0.25, 0.3) is 0 Å². The van der Waals surface area contributed by atoms with Gasteiger partial charge in [0.05, 0.1) is 5.56 Å². The average molecular weight is 216 g/mol. The zero-order valence-corrected chi connectivity index (χ0v) is 7.98.